The molecule has 0 aliphatic carbocycles. The van der Waals surface area contributed by atoms with Gasteiger partial charge in [-0.1, -0.05) is 18.2 Å². The fraction of sp³-hybridized carbons (Fsp3) is 0.444. The monoisotopic (exact) mass is 313 g/mol. The Morgan fingerprint density at radius 3 is 2.61 bits per heavy atom. The third-order valence-corrected chi connectivity index (χ3v) is 4.55. The van der Waals surface area contributed by atoms with Crippen LogP contribution in [0.25, 0.3) is 5.69 Å². The van der Waals surface area contributed by atoms with E-state index in [1.54, 1.807) is 13.3 Å². The number of aromatic nitrogens is 2. The summed E-state index contributed by atoms with van der Waals surface area (Å²) in [6, 6.07) is 9.89. The van der Waals surface area contributed by atoms with Crippen molar-refractivity contribution in [2.75, 3.05) is 26.8 Å². The molecule has 3 rings (SSSR count). The minimum atomic E-state index is 0.0838. The zero-order valence-corrected chi connectivity index (χ0v) is 13.7. The molecule has 2 heterocycles. The lowest BCUT2D eigenvalue weighted by Gasteiger charge is -2.31. The average molecular weight is 313 g/mol. The van der Waals surface area contributed by atoms with Crippen LogP contribution in [0.2, 0.25) is 0 Å². The van der Waals surface area contributed by atoms with Crippen LogP contribution in [0.3, 0.4) is 0 Å². The Hall–Kier alpha value is -2.14. The average Bonchev–Trinajstić information content (AvgIpc) is 2.97. The number of para-hydroxylation sites is 1. The number of methoxy groups -OCH3 is 1. The van der Waals surface area contributed by atoms with E-state index >= 15 is 0 Å². The van der Waals surface area contributed by atoms with Gasteiger partial charge in [-0.15, -0.1) is 0 Å². The molecule has 0 bridgehead atoms. The Labute approximate surface area is 136 Å². The Balaban J connectivity index is 1.73. The van der Waals surface area contributed by atoms with Crippen molar-refractivity contribution in [1.82, 2.24) is 14.7 Å². The standard InChI is InChI=1S/C18H23N3O2/c1-14-17(12-19-21(14)16-6-4-3-5-7-16)18(22)20-10-8-15(9-11-20)13-23-2/h3-7,12,15H,8-11,13H2,1-2H3. The van der Waals surface area contributed by atoms with Crippen LogP contribution >= 0.6 is 0 Å². The van der Waals surface area contributed by atoms with Crippen molar-refractivity contribution in [3.63, 3.8) is 0 Å². The van der Waals surface area contributed by atoms with Gasteiger partial charge in [0.25, 0.3) is 5.91 Å². The fourth-order valence-corrected chi connectivity index (χ4v) is 3.16. The smallest absolute Gasteiger partial charge is 0.257 e. The molecule has 1 saturated heterocycles. The van der Waals surface area contributed by atoms with E-state index in [1.165, 1.54) is 0 Å². The summed E-state index contributed by atoms with van der Waals surface area (Å²) in [5.41, 5.74) is 2.56. The lowest BCUT2D eigenvalue weighted by molar-refractivity contribution is 0.0613. The van der Waals surface area contributed by atoms with Crippen molar-refractivity contribution in [3.05, 3.63) is 47.8 Å². The van der Waals surface area contributed by atoms with Gasteiger partial charge in [0.15, 0.2) is 0 Å². The maximum absolute atomic E-state index is 12.8. The molecule has 0 N–H and O–H groups in total. The van der Waals surface area contributed by atoms with E-state index in [-0.39, 0.29) is 5.91 Å². The summed E-state index contributed by atoms with van der Waals surface area (Å²) < 4.78 is 7.04. The summed E-state index contributed by atoms with van der Waals surface area (Å²) in [5, 5.41) is 4.40. The van der Waals surface area contributed by atoms with Crippen molar-refractivity contribution in [2.45, 2.75) is 19.8 Å². The van der Waals surface area contributed by atoms with Crippen LogP contribution in [0.5, 0.6) is 0 Å². The highest BCUT2D eigenvalue weighted by molar-refractivity contribution is 5.95. The molecule has 0 saturated carbocycles. The third kappa shape index (κ3) is 3.29. The van der Waals surface area contributed by atoms with E-state index in [0.29, 0.717) is 11.5 Å². The highest BCUT2D eigenvalue weighted by Crippen LogP contribution is 2.21. The maximum atomic E-state index is 12.8. The molecule has 0 spiro atoms. The summed E-state index contributed by atoms with van der Waals surface area (Å²) in [6.45, 7) is 4.32. The highest BCUT2D eigenvalue weighted by atomic mass is 16.5. The van der Waals surface area contributed by atoms with Gasteiger partial charge in [0.1, 0.15) is 0 Å². The highest BCUT2D eigenvalue weighted by Gasteiger charge is 2.26. The van der Waals surface area contributed by atoms with Crippen LogP contribution in [0, 0.1) is 12.8 Å². The second kappa shape index (κ2) is 6.96. The van der Waals surface area contributed by atoms with Crippen LogP contribution in [-0.4, -0.2) is 47.4 Å². The van der Waals surface area contributed by atoms with Gasteiger partial charge in [-0.3, -0.25) is 4.79 Å². The van der Waals surface area contributed by atoms with Gasteiger partial charge in [0.05, 0.1) is 23.1 Å². The van der Waals surface area contributed by atoms with Crippen molar-refractivity contribution in [1.29, 1.82) is 0 Å². The molecule has 23 heavy (non-hydrogen) atoms. The van der Waals surface area contributed by atoms with Gasteiger partial charge >= 0.3 is 0 Å². The molecule has 5 heteroatoms. The van der Waals surface area contributed by atoms with Gasteiger partial charge in [0, 0.05) is 26.8 Å². The molecule has 1 aliphatic rings. The second-order valence-corrected chi connectivity index (χ2v) is 6.08. The van der Waals surface area contributed by atoms with Crippen LogP contribution in [0.15, 0.2) is 36.5 Å². The molecule has 1 aromatic carbocycles. The number of benzene rings is 1. The minimum absolute atomic E-state index is 0.0838. The van der Waals surface area contributed by atoms with Gasteiger partial charge in [-0.05, 0) is 37.8 Å². The zero-order valence-electron chi connectivity index (χ0n) is 13.7. The molecule has 1 aromatic heterocycles. The number of carbonyl (C=O) groups excluding carboxylic acids is 1. The molecular formula is C18H23N3O2. The predicted octanol–water partition coefficient (Wildman–Crippen LogP) is 2.68. The molecule has 5 nitrogen and oxygen atoms in total. The Morgan fingerprint density at radius 2 is 1.96 bits per heavy atom. The van der Waals surface area contributed by atoms with E-state index in [4.69, 9.17) is 4.74 Å². The van der Waals surface area contributed by atoms with Crippen LogP contribution in [-0.2, 0) is 4.74 Å². The van der Waals surface area contributed by atoms with Crippen LogP contribution in [0.4, 0.5) is 0 Å². The number of hydrogen-bond donors (Lipinski definition) is 0. The van der Waals surface area contributed by atoms with Crippen molar-refractivity contribution >= 4 is 5.91 Å². The lowest BCUT2D eigenvalue weighted by atomic mass is 9.97. The quantitative estimate of drug-likeness (QED) is 0.872. The number of ether oxygens (including phenoxy) is 1. The second-order valence-electron chi connectivity index (χ2n) is 6.08. The molecule has 0 atom stereocenters. The number of likely N-dealkylation sites (tertiary alicyclic amines) is 1. The normalized spacial score (nSPS) is 15.8. The summed E-state index contributed by atoms with van der Waals surface area (Å²) >= 11 is 0. The maximum Gasteiger partial charge on any atom is 0.257 e. The third-order valence-electron chi connectivity index (χ3n) is 4.55. The van der Waals surface area contributed by atoms with Crippen LogP contribution in [0.1, 0.15) is 28.9 Å². The molecule has 1 fully saturated rings. The number of piperidine rings is 1. The summed E-state index contributed by atoms with van der Waals surface area (Å²) in [6.07, 6.45) is 3.70. The van der Waals surface area contributed by atoms with Gasteiger partial charge in [-0.2, -0.15) is 5.10 Å². The van der Waals surface area contributed by atoms with Gasteiger partial charge in [-0.25, -0.2) is 4.68 Å². The molecule has 2 aromatic rings. The largest absolute Gasteiger partial charge is 0.384 e. The molecular weight excluding hydrogens is 290 g/mol. The predicted molar refractivity (Wildman–Crippen MR) is 88.8 cm³/mol. The molecule has 0 unspecified atom stereocenters. The number of nitrogens with zero attached hydrogens (tertiary/aromatic N) is 3. The van der Waals surface area contributed by atoms with E-state index in [9.17, 15) is 4.79 Å². The lowest BCUT2D eigenvalue weighted by Crippen LogP contribution is -2.39. The number of rotatable bonds is 4. The zero-order chi connectivity index (χ0) is 16.2. The van der Waals surface area contributed by atoms with E-state index in [1.807, 2.05) is 46.8 Å². The molecule has 1 aliphatic heterocycles. The molecule has 122 valence electrons. The topological polar surface area (TPSA) is 47.4 Å². The first-order valence-corrected chi connectivity index (χ1v) is 8.09. The fourth-order valence-electron chi connectivity index (χ4n) is 3.16. The molecule has 0 radical (unpaired) electrons. The van der Waals surface area contributed by atoms with Gasteiger partial charge < -0.3 is 9.64 Å². The van der Waals surface area contributed by atoms with Crippen LogP contribution < -0.4 is 0 Å². The summed E-state index contributed by atoms with van der Waals surface area (Å²) in [4.78, 5) is 14.7. The SMILES string of the molecule is COCC1CCN(C(=O)c2cnn(-c3ccccc3)c2C)CC1. The number of amides is 1. The number of carbonyl (C=O) groups is 1. The van der Waals surface area contributed by atoms with E-state index in [2.05, 4.69) is 5.10 Å². The first-order valence-electron chi connectivity index (χ1n) is 8.09. The number of hydrogen-bond acceptors (Lipinski definition) is 3. The van der Waals surface area contributed by atoms with E-state index in [0.717, 1.165) is 43.9 Å². The first kappa shape index (κ1) is 15.7. The van der Waals surface area contributed by atoms with Crippen molar-refractivity contribution in [2.24, 2.45) is 5.92 Å². The van der Waals surface area contributed by atoms with Crippen molar-refractivity contribution in [3.8, 4) is 5.69 Å². The summed E-state index contributed by atoms with van der Waals surface area (Å²) in [7, 11) is 1.73. The van der Waals surface area contributed by atoms with Crippen molar-refractivity contribution < 1.29 is 9.53 Å². The first-order chi connectivity index (χ1) is 11.2. The molecule has 1 amide bonds. The van der Waals surface area contributed by atoms with Gasteiger partial charge in [0.2, 0.25) is 0 Å². The summed E-state index contributed by atoms with van der Waals surface area (Å²) in [5.74, 6) is 0.651. The Bertz CT molecular complexity index is 658. The Morgan fingerprint density at radius 1 is 1.26 bits per heavy atom. The van der Waals surface area contributed by atoms with E-state index < -0.39 is 0 Å². The minimum Gasteiger partial charge on any atom is -0.384 e. The Kier molecular flexibility index (Phi) is 4.76.